The van der Waals surface area contributed by atoms with Gasteiger partial charge in [-0.1, -0.05) is 41.5 Å². The molecule has 0 unspecified atom stereocenters. The normalized spacial score (nSPS) is 11.8. The number of azide groups is 1. The van der Waals surface area contributed by atoms with Crippen molar-refractivity contribution in [2.45, 2.75) is 12.6 Å². The van der Waals surface area contributed by atoms with Crippen molar-refractivity contribution < 1.29 is 9.84 Å². The van der Waals surface area contributed by atoms with Crippen molar-refractivity contribution in [2.75, 3.05) is 6.61 Å². The highest BCUT2D eigenvalue weighted by Crippen LogP contribution is 2.25. The van der Waals surface area contributed by atoms with E-state index in [1.165, 1.54) is 0 Å². The number of aliphatic hydroxyl groups excluding tert-OH is 1. The average molecular weight is 243 g/mol. The van der Waals surface area contributed by atoms with Crippen LogP contribution in [0.25, 0.3) is 21.2 Å². The highest BCUT2D eigenvalue weighted by atomic mass is 16.5. The Morgan fingerprint density at radius 1 is 1.22 bits per heavy atom. The molecule has 0 fully saturated rings. The molecule has 5 nitrogen and oxygen atoms in total. The monoisotopic (exact) mass is 243 g/mol. The van der Waals surface area contributed by atoms with Crippen molar-refractivity contribution in [3.8, 4) is 5.75 Å². The summed E-state index contributed by atoms with van der Waals surface area (Å²) in [5.74, 6) is 0.765. The highest BCUT2D eigenvalue weighted by Gasteiger charge is 2.03. The molecule has 0 heterocycles. The van der Waals surface area contributed by atoms with E-state index in [-0.39, 0.29) is 6.42 Å². The maximum absolute atomic E-state index is 9.24. The summed E-state index contributed by atoms with van der Waals surface area (Å²) in [6, 6.07) is 13.7. The molecule has 1 atom stereocenters. The Bertz CT molecular complexity index is 574. The van der Waals surface area contributed by atoms with Crippen LogP contribution in [0, 0.1) is 0 Å². The van der Waals surface area contributed by atoms with Crippen molar-refractivity contribution >= 4 is 10.8 Å². The lowest BCUT2D eigenvalue weighted by Crippen LogP contribution is -2.08. The third-order valence-electron chi connectivity index (χ3n) is 2.57. The molecule has 1 N–H and O–H groups in total. The second-order valence-electron chi connectivity index (χ2n) is 3.80. The minimum atomic E-state index is -1.04. The van der Waals surface area contributed by atoms with Gasteiger partial charge in [0.2, 0.25) is 0 Å². The third kappa shape index (κ3) is 2.91. The SMILES string of the molecule is [N-]=[N+]=N[C@@H](O)CCOc1cccc2ccccc12. The number of ether oxygens (including phenoxy) is 1. The summed E-state index contributed by atoms with van der Waals surface area (Å²) in [6.45, 7) is 0.300. The zero-order valence-electron chi connectivity index (χ0n) is 9.73. The molecule has 0 spiro atoms. The van der Waals surface area contributed by atoms with Crippen LogP contribution in [0.15, 0.2) is 47.6 Å². The van der Waals surface area contributed by atoms with Gasteiger partial charge < -0.3 is 9.84 Å². The van der Waals surface area contributed by atoms with Crippen LogP contribution in [0.5, 0.6) is 5.75 Å². The molecule has 0 saturated heterocycles. The Hall–Kier alpha value is -2.23. The van der Waals surface area contributed by atoms with Crippen molar-refractivity contribution in [3.63, 3.8) is 0 Å². The number of rotatable bonds is 5. The van der Waals surface area contributed by atoms with Gasteiger partial charge in [0.25, 0.3) is 0 Å². The van der Waals surface area contributed by atoms with Crippen LogP contribution in [0.1, 0.15) is 6.42 Å². The van der Waals surface area contributed by atoms with Crippen LogP contribution in [-0.2, 0) is 0 Å². The maximum Gasteiger partial charge on any atom is 0.136 e. The van der Waals surface area contributed by atoms with Gasteiger partial charge in [0.15, 0.2) is 0 Å². The Morgan fingerprint density at radius 3 is 2.83 bits per heavy atom. The van der Waals surface area contributed by atoms with Gasteiger partial charge in [-0.25, -0.2) is 0 Å². The molecule has 0 amide bonds. The second kappa shape index (κ2) is 5.91. The fourth-order valence-electron chi connectivity index (χ4n) is 1.71. The summed E-state index contributed by atoms with van der Waals surface area (Å²) in [5.41, 5.74) is 8.15. The molecule has 0 aliphatic heterocycles. The summed E-state index contributed by atoms with van der Waals surface area (Å²) in [5, 5.41) is 14.5. The van der Waals surface area contributed by atoms with E-state index in [0.717, 1.165) is 16.5 Å². The predicted molar refractivity (Wildman–Crippen MR) is 69.2 cm³/mol. The van der Waals surface area contributed by atoms with Gasteiger partial charge in [0.05, 0.1) is 6.61 Å². The number of benzene rings is 2. The van der Waals surface area contributed by atoms with E-state index >= 15 is 0 Å². The highest BCUT2D eigenvalue weighted by molar-refractivity contribution is 5.88. The zero-order valence-corrected chi connectivity index (χ0v) is 9.73. The average Bonchev–Trinajstić information content (AvgIpc) is 2.39. The molecule has 2 aromatic rings. The standard InChI is InChI=1S/C13H13N3O2/c14-16-15-13(17)8-9-18-12-7-3-5-10-4-1-2-6-11(10)12/h1-7,13,17H,8-9H2/t13-/m0/s1. The lowest BCUT2D eigenvalue weighted by molar-refractivity contribution is 0.146. The lowest BCUT2D eigenvalue weighted by atomic mass is 10.1. The van der Waals surface area contributed by atoms with E-state index in [4.69, 9.17) is 10.3 Å². The summed E-state index contributed by atoms with van der Waals surface area (Å²) < 4.78 is 5.59. The zero-order chi connectivity index (χ0) is 12.8. The van der Waals surface area contributed by atoms with Gasteiger partial charge >= 0.3 is 0 Å². The number of nitrogens with zero attached hydrogens (tertiary/aromatic N) is 3. The van der Waals surface area contributed by atoms with Crippen LogP contribution in [0.4, 0.5) is 0 Å². The van der Waals surface area contributed by atoms with Gasteiger partial charge in [-0.2, -0.15) is 0 Å². The topological polar surface area (TPSA) is 78.2 Å². The molecule has 0 radical (unpaired) electrons. The minimum Gasteiger partial charge on any atom is -0.493 e. The van der Waals surface area contributed by atoms with Crippen molar-refractivity contribution in [2.24, 2.45) is 5.11 Å². The molecule has 5 heteroatoms. The van der Waals surface area contributed by atoms with Gasteiger partial charge in [-0.05, 0) is 17.0 Å². The van der Waals surface area contributed by atoms with Gasteiger partial charge in [-0.3, -0.25) is 0 Å². The summed E-state index contributed by atoms with van der Waals surface area (Å²) >= 11 is 0. The van der Waals surface area contributed by atoms with E-state index in [2.05, 4.69) is 10.0 Å². The first-order valence-corrected chi connectivity index (χ1v) is 5.64. The predicted octanol–water partition coefficient (Wildman–Crippen LogP) is 3.24. The van der Waals surface area contributed by atoms with E-state index in [1.54, 1.807) is 0 Å². The van der Waals surface area contributed by atoms with E-state index in [9.17, 15) is 5.11 Å². The molecule has 92 valence electrons. The second-order valence-corrected chi connectivity index (χ2v) is 3.80. The smallest absolute Gasteiger partial charge is 0.136 e. The molecule has 0 aliphatic carbocycles. The van der Waals surface area contributed by atoms with Crippen LogP contribution in [0.2, 0.25) is 0 Å². The molecule has 2 aromatic carbocycles. The van der Waals surface area contributed by atoms with Gasteiger partial charge in [0.1, 0.15) is 12.0 Å². The lowest BCUT2D eigenvalue weighted by Gasteiger charge is -2.10. The van der Waals surface area contributed by atoms with E-state index in [1.807, 2.05) is 42.5 Å². The molecule has 0 aliphatic rings. The Morgan fingerprint density at radius 2 is 2.00 bits per heavy atom. The van der Waals surface area contributed by atoms with Crippen LogP contribution in [-0.4, -0.2) is 17.9 Å². The number of hydrogen-bond acceptors (Lipinski definition) is 3. The van der Waals surface area contributed by atoms with Gasteiger partial charge in [0, 0.05) is 16.7 Å². The fourth-order valence-corrected chi connectivity index (χ4v) is 1.71. The fraction of sp³-hybridized carbons (Fsp3) is 0.231. The number of hydrogen-bond donors (Lipinski definition) is 1. The minimum absolute atomic E-state index is 0.271. The summed E-state index contributed by atoms with van der Waals surface area (Å²) in [4.78, 5) is 2.53. The molecular weight excluding hydrogens is 230 g/mol. The Labute approximate surface area is 104 Å². The first kappa shape index (κ1) is 12.2. The largest absolute Gasteiger partial charge is 0.493 e. The molecule has 18 heavy (non-hydrogen) atoms. The van der Waals surface area contributed by atoms with E-state index in [0.29, 0.717) is 6.61 Å². The quantitative estimate of drug-likeness (QED) is 0.497. The van der Waals surface area contributed by atoms with Crippen molar-refractivity contribution in [1.29, 1.82) is 0 Å². The first-order chi connectivity index (χ1) is 8.81. The van der Waals surface area contributed by atoms with Crippen LogP contribution >= 0.6 is 0 Å². The Balaban J connectivity index is 2.06. The maximum atomic E-state index is 9.24. The summed E-state index contributed by atoms with van der Waals surface area (Å²) in [6.07, 6.45) is -0.766. The van der Waals surface area contributed by atoms with Crippen molar-refractivity contribution in [3.05, 3.63) is 52.9 Å². The number of fused-ring (bicyclic) bond motifs is 1. The molecule has 2 rings (SSSR count). The van der Waals surface area contributed by atoms with Crippen LogP contribution < -0.4 is 4.74 Å². The first-order valence-electron chi connectivity index (χ1n) is 5.64. The molecule has 0 saturated carbocycles. The van der Waals surface area contributed by atoms with E-state index < -0.39 is 6.23 Å². The molecule has 0 aromatic heterocycles. The van der Waals surface area contributed by atoms with Crippen molar-refractivity contribution in [1.82, 2.24) is 0 Å². The van der Waals surface area contributed by atoms with Crippen LogP contribution in [0.3, 0.4) is 0 Å². The summed E-state index contributed by atoms with van der Waals surface area (Å²) in [7, 11) is 0. The van der Waals surface area contributed by atoms with Gasteiger partial charge in [-0.15, -0.1) is 0 Å². The molecule has 0 bridgehead atoms. The number of aliphatic hydroxyl groups is 1. The molecular formula is C13H13N3O2. The Kier molecular flexibility index (Phi) is 4.02. The third-order valence-corrected chi connectivity index (χ3v) is 2.57.